The largest absolute Gasteiger partial charge is 0.496 e. The van der Waals surface area contributed by atoms with Gasteiger partial charge in [-0.05, 0) is 67.2 Å². The van der Waals surface area contributed by atoms with E-state index >= 15 is 0 Å². The van der Waals surface area contributed by atoms with Crippen molar-refractivity contribution < 1.29 is 9.53 Å². The first-order valence-electron chi connectivity index (χ1n) is 8.82. The van der Waals surface area contributed by atoms with Crippen LogP contribution < -0.4 is 20.3 Å². The molecule has 0 saturated carbocycles. The maximum absolute atomic E-state index is 12.6. The smallest absolute Gasteiger partial charge is 0.326 e. The van der Waals surface area contributed by atoms with Crippen LogP contribution in [-0.2, 0) is 6.54 Å². The number of nitrogens with one attached hydrogen (secondary N) is 2. The molecule has 2 aliphatic heterocycles. The number of rotatable bonds is 3. The number of piperidine rings is 1. The SMILES string of the molecule is COc1ccc(N2C(=O)NCc3ccccc32)cc1C1CCNCC1. The zero-order valence-electron chi connectivity index (χ0n) is 14.4. The molecule has 0 aromatic heterocycles. The van der Waals surface area contributed by atoms with Crippen LogP contribution in [-0.4, -0.2) is 26.2 Å². The first-order chi connectivity index (χ1) is 12.3. The number of carbonyl (C=O) groups excluding carboxylic acids is 1. The summed E-state index contributed by atoms with van der Waals surface area (Å²) in [5.41, 5.74) is 4.16. The number of hydrogen-bond acceptors (Lipinski definition) is 3. The topological polar surface area (TPSA) is 53.6 Å². The number of fused-ring (bicyclic) bond motifs is 1. The van der Waals surface area contributed by atoms with E-state index in [1.54, 1.807) is 12.0 Å². The summed E-state index contributed by atoms with van der Waals surface area (Å²) in [6.07, 6.45) is 2.17. The third kappa shape index (κ3) is 2.96. The van der Waals surface area contributed by atoms with Crippen molar-refractivity contribution in [3.8, 4) is 5.75 Å². The van der Waals surface area contributed by atoms with Crippen LogP contribution in [0.4, 0.5) is 16.2 Å². The fourth-order valence-corrected chi connectivity index (χ4v) is 3.81. The molecule has 25 heavy (non-hydrogen) atoms. The fourth-order valence-electron chi connectivity index (χ4n) is 3.81. The summed E-state index contributed by atoms with van der Waals surface area (Å²) < 4.78 is 5.60. The standard InChI is InChI=1S/C20H23N3O2/c1-25-19-7-6-16(12-17(19)14-8-10-21-11-9-14)23-18-5-3-2-4-15(18)13-22-20(23)24/h2-7,12,14,21H,8-11,13H2,1H3,(H,22,24). The second kappa shape index (κ2) is 6.76. The van der Waals surface area contributed by atoms with Gasteiger partial charge in [-0.25, -0.2) is 4.79 Å². The fraction of sp³-hybridized carbons (Fsp3) is 0.350. The molecule has 1 fully saturated rings. The molecule has 2 heterocycles. The predicted octanol–water partition coefficient (Wildman–Crippen LogP) is 3.52. The molecule has 2 aromatic rings. The van der Waals surface area contributed by atoms with Gasteiger partial charge < -0.3 is 15.4 Å². The Labute approximate surface area is 148 Å². The lowest BCUT2D eigenvalue weighted by Crippen LogP contribution is -2.41. The number of hydrogen-bond donors (Lipinski definition) is 2. The molecule has 0 unspecified atom stereocenters. The second-order valence-corrected chi connectivity index (χ2v) is 6.57. The van der Waals surface area contributed by atoms with Crippen LogP contribution in [0, 0.1) is 0 Å². The third-order valence-corrected chi connectivity index (χ3v) is 5.12. The molecule has 1 saturated heterocycles. The summed E-state index contributed by atoms with van der Waals surface area (Å²) in [7, 11) is 1.71. The van der Waals surface area contributed by atoms with E-state index in [-0.39, 0.29) is 6.03 Å². The zero-order chi connectivity index (χ0) is 17.2. The molecule has 0 bridgehead atoms. The quantitative estimate of drug-likeness (QED) is 0.901. The highest BCUT2D eigenvalue weighted by Gasteiger charge is 2.27. The van der Waals surface area contributed by atoms with Gasteiger partial charge in [-0.2, -0.15) is 0 Å². The highest BCUT2D eigenvalue weighted by Crippen LogP contribution is 2.38. The van der Waals surface area contributed by atoms with Gasteiger partial charge in [0.25, 0.3) is 0 Å². The lowest BCUT2D eigenvalue weighted by atomic mass is 9.89. The monoisotopic (exact) mass is 337 g/mol. The van der Waals surface area contributed by atoms with Gasteiger partial charge in [-0.3, -0.25) is 4.90 Å². The Morgan fingerprint density at radius 1 is 1.12 bits per heavy atom. The van der Waals surface area contributed by atoms with Crippen molar-refractivity contribution in [2.45, 2.75) is 25.3 Å². The molecule has 2 N–H and O–H groups in total. The zero-order valence-corrected chi connectivity index (χ0v) is 14.4. The number of nitrogens with zero attached hydrogens (tertiary/aromatic N) is 1. The molecular weight excluding hydrogens is 314 g/mol. The van der Waals surface area contributed by atoms with Crippen LogP contribution in [0.1, 0.15) is 29.9 Å². The summed E-state index contributed by atoms with van der Waals surface area (Å²) in [6, 6.07) is 14.0. The molecule has 2 aliphatic rings. The molecule has 4 rings (SSSR count). The van der Waals surface area contributed by atoms with E-state index in [2.05, 4.69) is 22.8 Å². The number of anilines is 2. The van der Waals surface area contributed by atoms with Crippen molar-refractivity contribution in [1.82, 2.24) is 10.6 Å². The minimum atomic E-state index is -0.0832. The van der Waals surface area contributed by atoms with Crippen LogP contribution in [0.25, 0.3) is 0 Å². The Bertz CT molecular complexity index is 784. The van der Waals surface area contributed by atoms with E-state index in [4.69, 9.17) is 4.74 Å². The summed E-state index contributed by atoms with van der Waals surface area (Å²) in [5, 5.41) is 6.36. The molecule has 0 radical (unpaired) electrons. The molecule has 0 atom stereocenters. The van der Waals surface area contributed by atoms with E-state index in [0.29, 0.717) is 12.5 Å². The second-order valence-electron chi connectivity index (χ2n) is 6.57. The number of para-hydroxylation sites is 1. The first-order valence-corrected chi connectivity index (χ1v) is 8.82. The van der Waals surface area contributed by atoms with E-state index in [1.807, 2.05) is 30.3 Å². The maximum Gasteiger partial charge on any atom is 0.326 e. The molecule has 5 nitrogen and oxygen atoms in total. The van der Waals surface area contributed by atoms with Crippen LogP contribution >= 0.6 is 0 Å². The number of methoxy groups -OCH3 is 1. The molecular formula is C20H23N3O2. The highest BCUT2D eigenvalue weighted by molar-refractivity contribution is 6.01. The van der Waals surface area contributed by atoms with E-state index in [0.717, 1.165) is 48.6 Å². The lowest BCUT2D eigenvalue weighted by molar-refractivity contribution is 0.247. The van der Waals surface area contributed by atoms with E-state index < -0.39 is 0 Å². The Hall–Kier alpha value is -2.53. The van der Waals surface area contributed by atoms with Crippen LogP contribution in [0.15, 0.2) is 42.5 Å². The molecule has 130 valence electrons. The minimum absolute atomic E-state index is 0.0832. The maximum atomic E-state index is 12.6. The van der Waals surface area contributed by atoms with Gasteiger partial charge in [0.1, 0.15) is 5.75 Å². The molecule has 0 spiro atoms. The Morgan fingerprint density at radius 3 is 2.72 bits per heavy atom. The third-order valence-electron chi connectivity index (χ3n) is 5.12. The van der Waals surface area contributed by atoms with E-state index in [1.165, 1.54) is 5.56 Å². The highest BCUT2D eigenvalue weighted by atomic mass is 16.5. The summed E-state index contributed by atoms with van der Waals surface area (Å²) in [6.45, 7) is 2.61. The van der Waals surface area contributed by atoms with Gasteiger partial charge in [-0.1, -0.05) is 18.2 Å². The van der Waals surface area contributed by atoms with Crippen molar-refractivity contribution >= 4 is 17.4 Å². The van der Waals surface area contributed by atoms with Gasteiger partial charge in [0, 0.05) is 6.54 Å². The van der Waals surface area contributed by atoms with Crippen LogP contribution in [0.2, 0.25) is 0 Å². The van der Waals surface area contributed by atoms with Crippen LogP contribution in [0.5, 0.6) is 5.75 Å². The van der Waals surface area contributed by atoms with Gasteiger partial charge >= 0.3 is 6.03 Å². The summed E-state index contributed by atoms with van der Waals surface area (Å²) in [5.74, 6) is 1.36. The molecule has 0 aliphatic carbocycles. The average molecular weight is 337 g/mol. The van der Waals surface area contributed by atoms with Gasteiger partial charge in [0.2, 0.25) is 0 Å². The minimum Gasteiger partial charge on any atom is -0.496 e. The normalized spacial score (nSPS) is 17.8. The summed E-state index contributed by atoms with van der Waals surface area (Å²) in [4.78, 5) is 14.3. The first kappa shape index (κ1) is 16.0. The van der Waals surface area contributed by atoms with Gasteiger partial charge in [0.05, 0.1) is 18.5 Å². The average Bonchev–Trinajstić information content (AvgIpc) is 2.68. The number of ether oxygens (including phenoxy) is 1. The van der Waals surface area contributed by atoms with Crippen molar-refractivity contribution in [2.24, 2.45) is 0 Å². The Balaban J connectivity index is 1.77. The van der Waals surface area contributed by atoms with Gasteiger partial charge in [0.15, 0.2) is 0 Å². The van der Waals surface area contributed by atoms with Crippen molar-refractivity contribution in [3.05, 3.63) is 53.6 Å². The number of urea groups is 1. The number of amides is 2. The molecule has 5 heteroatoms. The van der Waals surface area contributed by atoms with Crippen LogP contribution in [0.3, 0.4) is 0 Å². The van der Waals surface area contributed by atoms with Crippen molar-refractivity contribution in [1.29, 1.82) is 0 Å². The number of benzene rings is 2. The number of carbonyl (C=O) groups is 1. The van der Waals surface area contributed by atoms with E-state index in [9.17, 15) is 4.79 Å². The predicted molar refractivity (Wildman–Crippen MR) is 98.7 cm³/mol. The van der Waals surface area contributed by atoms with Crippen molar-refractivity contribution in [3.63, 3.8) is 0 Å². The Morgan fingerprint density at radius 2 is 1.92 bits per heavy atom. The summed E-state index contributed by atoms with van der Waals surface area (Å²) >= 11 is 0. The van der Waals surface area contributed by atoms with Crippen molar-refractivity contribution in [2.75, 3.05) is 25.1 Å². The molecule has 2 amide bonds. The Kier molecular flexibility index (Phi) is 4.32. The molecule has 2 aromatic carbocycles. The lowest BCUT2D eigenvalue weighted by Gasteiger charge is -2.31. The van der Waals surface area contributed by atoms with Gasteiger partial charge in [-0.15, -0.1) is 0 Å².